The predicted molar refractivity (Wildman–Crippen MR) is 185 cm³/mol. The number of amides is 1. The molecule has 1 saturated heterocycles. The quantitative estimate of drug-likeness (QED) is 0.189. The lowest BCUT2D eigenvalue weighted by Crippen LogP contribution is -2.38. The minimum absolute atomic E-state index is 0.209. The number of aromatic amines is 1. The largest absolute Gasteiger partial charge is 0.475 e. The van der Waals surface area contributed by atoms with Crippen molar-refractivity contribution in [2.45, 2.75) is 46.8 Å². The number of nitrogens with zero attached hydrogens (tertiary/aromatic N) is 4. The Morgan fingerprint density at radius 3 is 2.52 bits per heavy atom. The van der Waals surface area contributed by atoms with Crippen molar-refractivity contribution >= 4 is 27.7 Å². The highest BCUT2D eigenvalue weighted by atomic mass is 16.5. The molecule has 4 heterocycles. The second-order valence-electron chi connectivity index (χ2n) is 13.1. The molecule has 1 fully saturated rings. The van der Waals surface area contributed by atoms with E-state index in [1.807, 2.05) is 51.1 Å². The van der Waals surface area contributed by atoms with Gasteiger partial charge in [-0.15, -0.1) is 5.10 Å². The molecule has 0 radical (unpaired) electrons. The monoisotopic (exact) mass is 656 g/mol. The van der Waals surface area contributed by atoms with Crippen LogP contribution in [-0.4, -0.2) is 86.8 Å². The van der Waals surface area contributed by atoms with Crippen LogP contribution in [0.4, 0.5) is 0 Å². The number of aromatic nitrogens is 4. The predicted octanol–water partition coefficient (Wildman–Crippen LogP) is 4.52. The number of hydrogen-bond donors (Lipinski definition) is 3. The number of aryl methyl sites for hydroxylation is 3. The molecular formula is C36H44N6O6. The molecular weight excluding hydrogens is 612 g/mol. The molecule has 6 rings (SSSR count). The number of benzene rings is 2. The molecule has 1 amide bonds. The van der Waals surface area contributed by atoms with Crippen LogP contribution in [-0.2, 0) is 18.3 Å². The Hall–Kier alpha value is -4.65. The number of aliphatic hydroxyl groups is 1. The Kier molecular flexibility index (Phi) is 9.33. The summed E-state index contributed by atoms with van der Waals surface area (Å²) in [5.74, 6) is 1.38. The molecule has 3 aromatic heterocycles. The molecule has 2 aromatic carbocycles. The van der Waals surface area contributed by atoms with Gasteiger partial charge in [-0.3, -0.25) is 19.2 Å². The Morgan fingerprint density at radius 2 is 1.83 bits per heavy atom. The van der Waals surface area contributed by atoms with Gasteiger partial charge in [-0.2, -0.15) is 0 Å². The van der Waals surface area contributed by atoms with Crippen molar-refractivity contribution in [3.8, 4) is 28.5 Å². The highest BCUT2D eigenvalue weighted by Crippen LogP contribution is 2.43. The van der Waals surface area contributed by atoms with Crippen LogP contribution in [0.3, 0.4) is 0 Å². The first-order valence-electron chi connectivity index (χ1n) is 16.4. The van der Waals surface area contributed by atoms with E-state index in [2.05, 4.69) is 15.2 Å². The van der Waals surface area contributed by atoms with E-state index >= 15 is 0 Å². The molecule has 12 nitrogen and oxygen atoms in total. The number of rotatable bonds is 11. The Morgan fingerprint density at radius 1 is 1.10 bits per heavy atom. The zero-order valence-corrected chi connectivity index (χ0v) is 28.5. The summed E-state index contributed by atoms with van der Waals surface area (Å²) in [5.41, 5.74) is 3.30. The van der Waals surface area contributed by atoms with E-state index in [0.717, 1.165) is 47.4 Å². The number of nitrogens with one attached hydrogen (secondary N) is 2. The number of para-hydroxylation sites is 1. The summed E-state index contributed by atoms with van der Waals surface area (Å²) in [6, 6.07) is 11.6. The number of pyridine rings is 1. The van der Waals surface area contributed by atoms with Crippen LogP contribution in [0.5, 0.6) is 17.4 Å². The average Bonchev–Trinajstić information content (AvgIpc) is 3.63. The number of morpholine rings is 1. The number of H-pyrrole nitrogens is 1. The van der Waals surface area contributed by atoms with Crippen molar-refractivity contribution < 1.29 is 24.1 Å². The van der Waals surface area contributed by atoms with Crippen molar-refractivity contribution in [2.75, 3.05) is 46.0 Å². The number of fused-ring (bicyclic) bond motifs is 2. The van der Waals surface area contributed by atoms with Gasteiger partial charge in [0.1, 0.15) is 29.3 Å². The van der Waals surface area contributed by atoms with Gasteiger partial charge >= 0.3 is 0 Å². The lowest BCUT2D eigenvalue weighted by Gasteiger charge is -2.26. The van der Waals surface area contributed by atoms with E-state index in [1.165, 1.54) is 4.57 Å². The number of carbonyl (C=O) groups excluding carboxylic acids is 1. The zero-order chi connectivity index (χ0) is 34.2. The van der Waals surface area contributed by atoms with Gasteiger partial charge < -0.3 is 34.2 Å². The summed E-state index contributed by atoms with van der Waals surface area (Å²) in [7, 11) is 1.68. The van der Waals surface area contributed by atoms with Crippen LogP contribution in [0.25, 0.3) is 32.9 Å². The molecule has 48 heavy (non-hydrogen) atoms. The molecule has 1 aliphatic rings. The molecule has 0 unspecified atom stereocenters. The molecule has 0 aliphatic carbocycles. The molecule has 3 N–H and O–H groups in total. The van der Waals surface area contributed by atoms with E-state index < -0.39 is 5.60 Å². The van der Waals surface area contributed by atoms with Gasteiger partial charge in [-0.25, -0.2) is 0 Å². The van der Waals surface area contributed by atoms with E-state index in [-0.39, 0.29) is 23.7 Å². The van der Waals surface area contributed by atoms with Crippen molar-refractivity contribution in [1.29, 1.82) is 0 Å². The first kappa shape index (κ1) is 33.3. The van der Waals surface area contributed by atoms with Crippen molar-refractivity contribution in [3.63, 3.8) is 0 Å². The zero-order valence-electron chi connectivity index (χ0n) is 28.5. The molecule has 0 atom stereocenters. The van der Waals surface area contributed by atoms with E-state index in [1.54, 1.807) is 37.8 Å². The molecule has 1 aliphatic heterocycles. The number of ether oxygens (including phenoxy) is 3. The smallest absolute Gasteiger partial charge is 0.274 e. The van der Waals surface area contributed by atoms with E-state index in [0.29, 0.717) is 60.0 Å². The van der Waals surface area contributed by atoms with E-state index in [9.17, 15) is 14.7 Å². The van der Waals surface area contributed by atoms with Crippen molar-refractivity contribution in [3.05, 3.63) is 69.8 Å². The van der Waals surface area contributed by atoms with Crippen LogP contribution in [0.15, 0.2) is 47.4 Å². The van der Waals surface area contributed by atoms with Crippen LogP contribution in [0.2, 0.25) is 0 Å². The molecule has 12 heteroatoms. The van der Waals surface area contributed by atoms with Crippen molar-refractivity contribution in [1.82, 2.24) is 29.5 Å². The molecule has 254 valence electrons. The van der Waals surface area contributed by atoms with Gasteiger partial charge in [0.2, 0.25) is 5.88 Å². The second kappa shape index (κ2) is 13.5. The van der Waals surface area contributed by atoms with Gasteiger partial charge in [0.25, 0.3) is 11.5 Å². The second-order valence-corrected chi connectivity index (χ2v) is 13.1. The lowest BCUT2D eigenvalue weighted by atomic mass is 10.0. The Balaban J connectivity index is 1.56. The minimum Gasteiger partial charge on any atom is -0.475 e. The summed E-state index contributed by atoms with van der Waals surface area (Å²) in [4.78, 5) is 31.5. The first-order valence-corrected chi connectivity index (χ1v) is 16.4. The number of hydrogen-bond acceptors (Lipinski definition) is 8. The third-order valence-electron chi connectivity index (χ3n) is 8.56. The minimum atomic E-state index is -1.07. The van der Waals surface area contributed by atoms with Gasteiger partial charge in [0, 0.05) is 55.9 Å². The Labute approximate surface area is 279 Å². The van der Waals surface area contributed by atoms with Crippen LogP contribution in [0, 0.1) is 13.8 Å². The van der Waals surface area contributed by atoms with Gasteiger partial charge in [0.15, 0.2) is 0 Å². The molecule has 0 saturated carbocycles. The molecule has 5 aromatic rings. The fourth-order valence-corrected chi connectivity index (χ4v) is 6.15. The van der Waals surface area contributed by atoms with Crippen LogP contribution >= 0.6 is 0 Å². The standard InChI is InChI=1S/C36H44N6O6/c1-7-37-33(43)28-17-25-27(20-40(6)35(44)31(25)38-28)24-18-29-26(19-30(24)48-32-22(2)9-8-10-23(32)3)34(39-42(29)21-36(4,5)45)47-16-13-41-11-14-46-15-12-41/h8-10,17-20,38,45H,7,11-16,21H2,1-6H3,(H,37,43). The summed E-state index contributed by atoms with van der Waals surface area (Å²) in [6.45, 7) is 14.2. The first-order chi connectivity index (χ1) is 22.9. The summed E-state index contributed by atoms with van der Waals surface area (Å²) in [5, 5.41) is 19.8. The maximum Gasteiger partial charge on any atom is 0.274 e. The fourth-order valence-electron chi connectivity index (χ4n) is 6.15. The maximum atomic E-state index is 13.3. The van der Waals surface area contributed by atoms with Gasteiger partial charge in [-0.1, -0.05) is 18.2 Å². The summed E-state index contributed by atoms with van der Waals surface area (Å²) < 4.78 is 21.8. The fraction of sp³-hybridized carbons (Fsp3) is 0.417. The third kappa shape index (κ3) is 6.82. The van der Waals surface area contributed by atoms with Crippen molar-refractivity contribution in [2.24, 2.45) is 7.05 Å². The van der Waals surface area contributed by atoms with Gasteiger partial charge in [0.05, 0.1) is 36.3 Å². The molecule has 0 spiro atoms. The third-order valence-corrected chi connectivity index (χ3v) is 8.56. The van der Waals surface area contributed by atoms with Gasteiger partial charge in [-0.05, 0) is 63.9 Å². The van der Waals surface area contributed by atoms with E-state index in [4.69, 9.17) is 19.3 Å². The SMILES string of the molecule is CCNC(=O)c1cc2c(-c3cc4c(cc3Oc3c(C)cccc3C)c(OCCN3CCOCC3)nn4CC(C)(C)O)cn(C)c(=O)c2[nH]1. The summed E-state index contributed by atoms with van der Waals surface area (Å²) in [6.07, 6.45) is 1.76. The number of carbonyl (C=O) groups is 1. The Bertz CT molecular complexity index is 2010. The van der Waals surface area contributed by atoms with Crippen LogP contribution in [0.1, 0.15) is 42.4 Å². The lowest BCUT2D eigenvalue weighted by molar-refractivity contribution is 0.0319. The maximum absolute atomic E-state index is 13.3. The topological polar surface area (TPSA) is 136 Å². The molecule has 0 bridgehead atoms. The van der Waals surface area contributed by atoms with Crippen LogP contribution < -0.4 is 20.3 Å². The highest BCUT2D eigenvalue weighted by molar-refractivity contribution is 6.04. The summed E-state index contributed by atoms with van der Waals surface area (Å²) >= 11 is 0. The normalized spacial score (nSPS) is 14.1. The average molecular weight is 657 g/mol. The highest BCUT2D eigenvalue weighted by Gasteiger charge is 2.25.